The summed E-state index contributed by atoms with van der Waals surface area (Å²) in [4.78, 5) is 10.1. The Labute approximate surface area is 109 Å². The van der Waals surface area contributed by atoms with Crippen molar-refractivity contribution < 1.29 is 0 Å². The van der Waals surface area contributed by atoms with Crippen LogP contribution in [0.15, 0.2) is 29.8 Å². The number of nitrogens with two attached hydrogens (primary N) is 1. The van der Waals surface area contributed by atoms with E-state index in [1.807, 2.05) is 23.6 Å². The van der Waals surface area contributed by atoms with Crippen LogP contribution in [0.4, 0.5) is 5.95 Å². The number of imidazole rings is 1. The molecule has 0 saturated carbocycles. The highest BCUT2D eigenvalue weighted by Gasteiger charge is 2.17. The van der Waals surface area contributed by atoms with Gasteiger partial charge in [0.2, 0.25) is 5.95 Å². The SMILES string of the molecule is Cc1ccnc2c1nc(N)n2C(C)c1cccs1. The molecular weight excluding hydrogens is 244 g/mol. The number of pyridine rings is 1. The lowest BCUT2D eigenvalue weighted by molar-refractivity contribution is 0.674. The van der Waals surface area contributed by atoms with Crippen molar-refractivity contribution in [2.75, 3.05) is 5.73 Å². The fraction of sp³-hybridized carbons (Fsp3) is 0.231. The molecule has 2 N–H and O–H groups in total. The third-order valence-electron chi connectivity index (χ3n) is 3.15. The molecule has 0 radical (unpaired) electrons. The highest BCUT2D eigenvalue weighted by Crippen LogP contribution is 2.29. The quantitative estimate of drug-likeness (QED) is 0.768. The molecule has 18 heavy (non-hydrogen) atoms. The van der Waals surface area contributed by atoms with E-state index in [2.05, 4.69) is 28.3 Å². The van der Waals surface area contributed by atoms with E-state index >= 15 is 0 Å². The molecule has 0 aliphatic carbocycles. The summed E-state index contributed by atoms with van der Waals surface area (Å²) in [7, 11) is 0. The molecule has 3 aromatic heterocycles. The first-order chi connectivity index (χ1) is 8.68. The lowest BCUT2D eigenvalue weighted by Gasteiger charge is -2.13. The molecule has 4 nitrogen and oxygen atoms in total. The van der Waals surface area contributed by atoms with Gasteiger partial charge in [0.15, 0.2) is 5.65 Å². The van der Waals surface area contributed by atoms with Crippen LogP contribution in [0.3, 0.4) is 0 Å². The number of thiophene rings is 1. The number of nitrogen functional groups attached to an aromatic ring is 1. The molecule has 0 saturated heterocycles. The van der Waals surface area contributed by atoms with E-state index in [-0.39, 0.29) is 6.04 Å². The average molecular weight is 258 g/mol. The molecule has 0 aliphatic heterocycles. The van der Waals surface area contributed by atoms with E-state index in [1.165, 1.54) is 4.88 Å². The Bertz CT molecular complexity index is 684. The Kier molecular flexibility index (Phi) is 2.56. The minimum Gasteiger partial charge on any atom is -0.369 e. The molecule has 5 heteroatoms. The van der Waals surface area contributed by atoms with E-state index in [0.717, 1.165) is 16.7 Å². The van der Waals surface area contributed by atoms with Crippen molar-refractivity contribution in [1.82, 2.24) is 14.5 Å². The molecule has 0 aliphatic rings. The predicted molar refractivity (Wildman–Crippen MR) is 74.8 cm³/mol. The van der Waals surface area contributed by atoms with Crippen molar-refractivity contribution in [2.24, 2.45) is 0 Å². The Morgan fingerprint density at radius 3 is 2.94 bits per heavy atom. The van der Waals surface area contributed by atoms with Crippen molar-refractivity contribution in [3.8, 4) is 0 Å². The first kappa shape index (κ1) is 11.2. The van der Waals surface area contributed by atoms with Gasteiger partial charge in [-0.1, -0.05) is 6.07 Å². The molecule has 0 fully saturated rings. The molecule has 92 valence electrons. The molecular formula is C13H14N4S. The van der Waals surface area contributed by atoms with Crippen molar-refractivity contribution in [1.29, 1.82) is 0 Å². The lowest BCUT2D eigenvalue weighted by atomic mass is 10.2. The number of fused-ring (bicyclic) bond motifs is 1. The zero-order chi connectivity index (χ0) is 12.7. The molecule has 3 rings (SSSR count). The summed E-state index contributed by atoms with van der Waals surface area (Å²) in [5, 5.41) is 2.07. The van der Waals surface area contributed by atoms with Crippen LogP contribution in [0.25, 0.3) is 11.2 Å². The summed E-state index contributed by atoms with van der Waals surface area (Å²) in [6.07, 6.45) is 1.80. The van der Waals surface area contributed by atoms with Crippen LogP contribution in [0.2, 0.25) is 0 Å². The van der Waals surface area contributed by atoms with E-state index < -0.39 is 0 Å². The second-order valence-corrected chi connectivity index (χ2v) is 5.31. The Balaban J connectivity index is 2.23. The van der Waals surface area contributed by atoms with Gasteiger partial charge in [-0.15, -0.1) is 11.3 Å². The summed E-state index contributed by atoms with van der Waals surface area (Å²) in [5.41, 5.74) is 8.89. The maximum atomic E-state index is 6.05. The number of aryl methyl sites for hydroxylation is 1. The second kappa shape index (κ2) is 4.10. The number of hydrogen-bond acceptors (Lipinski definition) is 4. The summed E-state index contributed by atoms with van der Waals surface area (Å²) in [5.74, 6) is 0.521. The third kappa shape index (κ3) is 1.59. The molecule has 0 aromatic carbocycles. The lowest BCUT2D eigenvalue weighted by Crippen LogP contribution is -2.09. The Morgan fingerprint density at radius 1 is 1.39 bits per heavy atom. The molecule has 1 atom stereocenters. The highest BCUT2D eigenvalue weighted by atomic mass is 32.1. The number of nitrogens with zero attached hydrogens (tertiary/aromatic N) is 3. The largest absolute Gasteiger partial charge is 0.369 e. The number of rotatable bonds is 2. The maximum absolute atomic E-state index is 6.05. The fourth-order valence-corrected chi connectivity index (χ4v) is 2.94. The highest BCUT2D eigenvalue weighted by molar-refractivity contribution is 7.10. The predicted octanol–water partition coefficient (Wildman–Crippen LogP) is 2.99. The van der Waals surface area contributed by atoms with Crippen LogP contribution in [-0.2, 0) is 0 Å². The van der Waals surface area contributed by atoms with Crippen molar-refractivity contribution >= 4 is 28.4 Å². The minimum atomic E-state index is 0.157. The fourth-order valence-electron chi connectivity index (χ4n) is 2.17. The van der Waals surface area contributed by atoms with E-state index in [9.17, 15) is 0 Å². The molecule has 0 amide bonds. The summed E-state index contributed by atoms with van der Waals surface area (Å²) >= 11 is 1.72. The first-order valence-corrected chi connectivity index (χ1v) is 6.69. The zero-order valence-electron chi connectivity index (χ0n) is 10.3. The van der Waals surface area contributed by atoms with Gasteiger partial charge in [-0.3, -0.25) is 4.57 Å². The van der Waals surface area contributed by atoms with Crippen LogP contribution in [0.5, 0.6) is 0 Å². The smallest absolute Gasteiger partial charge is 0.203 e. The molecule has 3 heterocycles. The number of hydrogen-bond donors (Lipinski definition) is 1. The van der Waals surface area contributed by atoms with Crippen LogP contribution < -0.4 is 5.73 Å². The molecule has 0 bridgehead atoms. The maximum Gasteiger partial charge on any atom is 0.203 e. The van der Waals surface area contributed by atoms with Gasteiger partial charge in [0, 0.05) is 11.1 Å². The van der Waals surface area contributed by atoms with Crippen LogP contribution in [-0.4, -0.2) is 14.5 Å². The van der Waals surface area contributed by atoms with Crippen LogP contribution in [0, 0.1) is 6.92 Å². The topological polar surface area (TPSA) is 56.7 Å². The minimum absolute atomic E-state index is 0.157. The van der Waals surface area contributed by atoms with Crippen molar-refractivity contribution in [3.63, 3.8) is 0 Å². The van der Waals surface area contributed by atoms with Gasteiger partial charge >= 0.3 is 0 Å². The summed E-state index contributed by atoms with van der Waals surface area (Å²) < 4.78 is 1.99. The standard InChI is InChI=1S/C13H14N4S/c1-8-5-6-15-12-11(8)16-13(14)17(12)9(2)10-4-3-7-18-10/h3-7,9H,1-2H3,(H2,14,16). The van der Waals surface area contributed by atoms with Crippen LogP contribution in [0.1, 0.15) is 23.4 Å². The summed E-state index contributed by atoms with van der Waals surface area (Å²) in [6.45, 7) is 4.14. The van der Waals surface area contributed by atoms with E-state index in [4.69, 9.17) is 5.73 Å². The Hall–Kier alpha value is -1.88. The molecule has 3 aromatic rings. The van der Waals surface area contributed by atoms with Gasteiger partial charge in [0.25, 0.3) is 0 Å². The average Bonchev–Trinajstić information content (AvgIpc) is 2.96. The van der Waals surface area contributed by atoms with Crippen molar-refractivity contribution in [2.45, 2.75) is 19.9 Å². The second-order valence-electron chi connectivity index (χ2n) is 4.33. The normalized spacial score (nSPS) is 13.0. The van der Waals surface area contributed by atoms with Gasteiger partial charge in [-0.2, -0.15) is 0 Å². The number of aromatic nitrogens is 3. The monoisotopic (exact) mass is 258 g/mol. The van der Waals surface area contributed by atoms with E-state index in [1.54, 1.807) is 17.5 Å². The molecule has 0 spiro atoms. The molecule has 1 unspecified atom stereocenters. The van der Waals surface area contributed by atoms with Gasteiger partial charge in [-0.05, 0) is 36.9 Å². The van der Waals surface area contributed by atoms with E-state index in [0.29, 0.717) is 5.95 Å². The van der Waals surface area contributed by atoms with Gasteiger partial charge in [-0.25, -0.2) is 9.97 Å². The summed E-state index contributed by atoms with van der Waals surface area (Å²) in [6, 6.07) is 6.26. The van der Waals surface area contributed by atoms with Gasteiger partial charge < -0.3 is 5.73 Å². The van der Waals surface area contributed by atoms with Crippen molar-refractivity contribution in [3.05, 3.63) is 40.2 Å². The number of anilines is 1. The Morgan fingerprint density at radius 2 is 2.22 bits per heavy atom. The van der Waals surface area contributed by atoms with Gasteiger partial charge in [0.05, 0.1) is 6.04 Å². The van der Waals surface area contributed by atoms with Gasteiger partial charge in [0.1, 0.15) is 5.52 Å². The van der Waals surface area contributed by atoms with Crippen LogP contribution >= 0.6 is 11.3 Å². The first-order valence-electron chi connectivity index (χ1n) is 5.81. The zero-order valence-corrected chi connectivity index (χ0v) is 11.1. The third-order valence-corrected chi connectivity index (χ3v) is 4.19.